The Kier molecular flexibility index (Phi) is 7.84. The number of amides is 1. The molecule has 0 aromatic heterocycles. The summed E-state index contributed by atoms with van der Waals surface area (Å²) in [7, 11) is -3.40. The van der Waals surface area contributed by atoms with Crippen LogP contribution in [0.4, 0.5) is 0 Å². The molecule has 0 saturated heterocycles. The summed E-state index contributed by atoms with van der Waals surface area (Å²) < 4.78 is 24.6. The van der Waals surface area contributed by atoms with Crippen LogP contribution in [0.5, 0.6) is 0 Å². The fourth-order valence-corrected chi connectivity index (χ4v) is 3.01. The van der Waals surface area contributed by atoms with Gasteiger partial charge in [0.25, 0.3) is 0 Å². The number of benzene rings is 2. The van der Waals surface area contributed by atoms with Gasteiger partial charge in [0.2, 0.25) is 15.9 Å². The Morgan fingerprint density at radius 3 is 2.46 bits per heavy atom. The van der Waals surface area contributed by atoms with Gasteiger partial charge in [0.05, 0.1) is 0 Å². The second-order valence-electron chi connectivity index (χ2n) is 5.59. The van der Waals surface area contributed by atoms with Gasteiger partial charge in [0.15, 0.2) is 0 Å². The quantitative estimate of drug-likeness (QED) is 0.391. The van der Waals surface area contributed by atoms with Gasteiger partial charge >= 0.3 is 0 Å². The van der Waals surface area contributed by atoms with Crippen molar-refractivity contribution in [3.05, 3.63) is 66.2 Å². The second-order valence-corrected chi connectivity index (χ2v) is 7.98. The van der Waals surface area contributed by atoms with Gasteiger partial charge in [-0.1, -0.05) is 48.5 Å². The topological polar surface area (TPSA) is 75.3 Å². The molecule has 0 aliphatic rings. The maximum absolute atomic E-state index is 11.8. The summed E-state index contributed by atoms with van der Waals surface area (Å²) in [6.45, 7) is 0.607. The Morgan fingerprint density at radius 1 is 1.00 bits per heavy atom. The van der Waals surface area contributed by atoms with E-state index in [1.807, 2.05) is 54.6 Å². The third kappa shape index (κ3) is 7.00. The van der Waals surface area contributed by atoms with Crippen LogP contribution in [-0.4, -0.2) is 32.6 Å². The average molecular weight is 393 g/mol. The van der Waals surface area contributed by atoms with E-state index in [9.17, 15) is 13.2 Å². The van der Waals surface area contributed by atoms with Crippen LogP contribution in [0, 0.1) is 0 Å². The monoisotopic (exact) mass is 392 g/mol. The van der Waals surface area contributed by atoms with Crippen molar-refractivity contribution in [2.75, 3.05) is 18.3 Å². The average Bonchev–Trinajstić information content (AvgIpc) is 2.67. The highest BCUT2D eigenvalue weighted by atomic mass is 35.5. The summed E-state index contributed by atoms with van der Waals surface area (Å²) in [5.41, 5.74) is 3.13. The Morgan fingerprint density at radius 2 is 1.73 bits per heavy atom. The molecule has 2 aromatic rings. The number of hydrogen-bond acceptors (Lipinski definition) is 3. The largest absolute Gasteiger partial charge is 0.353 e. The van der Waals surface area contributed by atoms with Crippen LogP contribution in [0.1, 0.15) is 12.0 Å². The fourth-order valence-electron chi connectivity index (χ4n) is 2.25. The lowest BCUT2D eigenvalue weighted by atomic mass is 10.0. The van der Waals surface area contributed by atoms with E-state index in [1.165, 1.54) is 6.08 Å². The van der Waals surface area contributed by atoms with Crippen molar-refractivity contribution in [3.63, 3.8) is 0 Å². The number of nitrogens with one attached hydrogen (secondary N) is 2. The van der Waals surface area contributed by atoms with Gasteiger partial charge in [-0.25, -0.2) is 13.1 Å². The Labute approximate surface area is 159 Å². The van der Waals surface area contributed by atoms with Gasteiger partial charge in [-0.15, -0.1) is 11.6 Å². The summed E-state index contributed by atoms with van der Waals surface area (Å²) in [6.07, 6.45) is 3.70. The number of hydrogen-bond donors (Lipinski definition) is 2. The number of sulfonamides is 1. The lowest BCUT2D eigenvalue weighted by Crippen LogP contribution is -2.29. The molecule has 2 aromatic carbocycles. The molecular weight excluding hydrogens is 372 g/mol. The summed E-state index contributed by atoms with van der Waals surface area (Å²) in [5.74, 6) is -0.227. The molecule has 0 bridgehead atoms. The van der Waals surface area contributed by atoms with E-state index >= 15 is 0 Å². The SMILES string of the molecule is O=C(/C=C\c1cccc(-c2ccccc2)c1)NCCCNS(=O)(=O)CCl. The van der Waals surface area contributed by atoms with Crippen LogP contribution in [0.2, 0.25) is 0 Å². The minimum atomic E-state index is -3.40. The van der Waals surface area contributed by atoms with Gasteiger partial charge in [0, 0.05) is 19.2 Å². The van der Waals surface area contributed by atoms with Gasteiger partial charge in [-0.3, -0.25) is 4.79 Å². The zero-order valence-electron chi connectivity index (χ0n) is 14.2. The van der Waals surface area contributed by atoms with Crippen LogP contribution in [-0.2, 0) is 14.8 Å². The van der Waals surface area contributed by atoms with E-state index in [1.54, 1.807) is 6.08 Å². The Bertz CT molecular complexity index is 852. The molecule has 1 amide bonds. The smallest absolute Gasteiger partial charge is 0.243 e. The first-order valence-electron chi connectivity index (χ1n) is 8.15. The normalized spacial score (nSPS) is 11.6. The van der Waals surface area contributed by atoms with E-state index in [-0.39, 0.29) is 12.5 Å². The number of alkyl halides is 1. The van der Waals surface area contributed by atoms with Gasteiger partial charge in [-0.05, 0) is 35.3 Å². The maximum Gasteiger partial charge on any atom is 0.243 e. The molecule has 0 spiro atoms. The minimum Gasteiger partial charge on any atom is -0.353 e. The van der Waals surface area contributed by atoms with Gasteiger partial charge < -0.3 is 5.32 Å². The number of halogens is 1. The lowest BCUT2D eigenvalue weighted by molar-refractivity contribution is -0.116. The number of carbonyl (C=O) groups excluding carboxylic acids is 1. The molecule has 0 heterocycles. The standard InChI is InChI=1S/C19H21ClN2O3S/c20-15-26(24,25)22-13-5-12-21-19(23)11-10-16-6-4-9-18(14-16)17-7-2-1-3-8-17/h1-4,6-11,14,22H,5,12-13,15H2,(H,21,23)/b11-10-. The Balaban J connectivity index is 1.81. The van der Waals surface area contributed by atoms with E-state index < -0.39 is 15.2 Å². The third-order valence-corrected chi connectivity index (χ3v) is 5.33. The molecule has 0 unspecified atom stereocenters. The van der Waals surface area contributed by atoms with Crippen LogP contribution in [0.25, 0.3) is 17.2 Å². The van der Waals surface area contributed by atoms with Crippen molar-refractivity contribution in [2.24, 2.45) is 0 Å². The van der Waals surface area contributed by atoms with Crippen LogP contribution < -0.4 is 10.0 Å². The van der Waals surface area contributed by atoms with E-state index in [0.29, 0.717) is 13.0 Å². The third-order valence-electron chi connectivity index (χ3n) is 3.54. The summed E-state index contributed by atoms with van der Waals surface area (Å²) >= 11 is 5.28. The maximum atomic E-state index is 11.8. The molecule has 2 N–H and O–H groups in total. The van der Waals surface area contributed by atoms with Crippen molar-refractivity contribution in [3.8, 4) is 11.1 Å². The summed E-state index contributed by atoms with van der Waals surface area (Å²) in [4.78, 5) is 11.8. The number of rotatable bonds is 9. The fraction of sp³-hybridized carbons (Fsp3) is 0.211. The molecule has 7 heteroatoms. The molecule has 5 nitrogen and oxygen atoms in total. The van der Waals surface area contributed by atoms with E-state index in [2.05, 4.69) is 10.0 Å². The molecule has 0 aliphatic carbocycles. The molecule has 0 saturated carbocycles. The Hall–Kier alpha value is -2.15. The zero-order valence-corrected chi connectivity index (χ0v) is 15.8. The first-order chi connectivity index (χ1) is 12.5. The number of carbonyl (C=O) groups is 1. The van der Waals surface area contributed by atoms with Crippen LogP contribution in [0.3, 0.4) is 0 Å². The van der Waals surface area contributed by atoms with E-state index in [0.717, 1.165) is 16.7 Å². The summed E-state index contributed by atoms with van der Waals surface area (Å²) in [6, 6.07) is 17.9. The van der Waals surface area contributed by atoms with Crippen molar-refractivity contribution in [1.82, 2.24) is 10.0 Å². The molecule has 0 aliphatic heterocycles. The van der Waals surface area contributed by atoms with Gasteiger partial charge in [-0.2, -0.15) is 0 Å². The van der Waals surface area contributed by atoms with Crippen LogP contribution >= 0.6 is 11.6 Å². The van der Waals surface area contributed by atoms with Crippen LogP contribution in [0.15, 0.2) is 60.7 Å². The lowest BCUT2D eigenvalue weighted by Gasteiger charge is -2.04. The molecule has 0 fully saturated rings. The van der Waals surface area contributed by atoms with Crippen molar-refractivity contribution < 1.29 is 13.2 Å². The van der Waals surface area contributed by atoms with E-state index in [4.69, 9.17) is 11.6 Å². The zero-order chi connectivity index (χ0) is 18.8. The highest BCUT2D eigenvalue weighted by molar-refractivity contribution is 7.90. The van der Waals surface area contributed by atoms with Gasteiger partial charge in [0.1, 0.15) is 5.21 Å². The van der Waals surface area contributed by atoms with Crippen molar-refractivity contribution in [1.29, 1.82) is 0 Å². The molecule has 2 rings (SSSR count). The first-order valence-corrected chi connectivity index (χ1v) is 10.3. The first kappa shape index (κ1) is 20.2. The second kappa shape index (κ2) is 10.1. The molecular formula is C19H21ClN2O3S. The van der Waals surface area contributed by atoms with Crippen molar-refractivity contribution in [2.45, 2.75) is 6.42 Å². The molecule has 0 radical (unpaired) electrons. The molecule has 26 heavy (non-hydrogen) atoms. The summed E-state index contributed by atoms with van der Waals surface area (Å²) in [5, 5.41) is 2.24. The highest BCUT2D eigenvalue weighted by Crippen LogP contribution is 2.20. The minimum absolute atomic E-state index is 0.227. The van der Waals surface area contributed by atoms with Crippen molar-refractivity contribution >= 4 is 33.6 Å². The predicted octanol–water partition coefficient (Wildman–Crippen LogP) is 2.99. The molecule has 138 valence electrons. The highest BCUT2D eigenvalue weighted by Gasteiger charge is 2.05. The predicted molar refractivity (Wildman–Crippen MR) is 106 cm³/mol. The molecule has 0 atom stereocenters.